The zero-order valence-electron chi connectivity index (χ0n) is 10.6. The van der Waals surface area contributed by atoms with Gasteiger partial charge in [0.25, 0.3) is 0 Å². The number of benzene rings is 1. The first kappa shape index (κ1) is 12.7. The number of hydrogen-bond acceptors (Lipinski definition) is 2. The Morgan fingerprint density at radius 2 is 2.16 bits per heavy atom. The first-order valence-corrected chi connectivity index (χ1v) is 7.20. The number of rotatable bonds is 4. The Morgan fingerprint density at radius 1 is 1.37 bits per heavy atom. The number of hydrogen-bond donors (Lipinski definition) is 1. The summed E-state index contributed by atoms with van der Waals surface area (Å²) >= 11 is 3.39. The van der Waals surface area contributed by atoms with E-state index in [0.29, 0.717) is 12.5 Å². The molecule has 0 aliphatic heterocycles. The number of nitrogens with one attached hydrogen (secondary N) is 1. The van der Waals surface area contributed by atoms with Crippen LogP contribution in [0.25, 0.3) is 0 Å². The van der Waals surface area contributed by atoms with Gasteiger partial charge in [0.2, 0.25) is 0 Å². The van der Waals surface area contributed by atoms with Gasteiger partial charge in [0.15, 0.2) is 0 Å². The van der Waals surface area contributed by atoms with E-state index in [4.69, 9.17) is 4.42 Å². The summed E-state index contributed by atoms with van der Waals surface area (Å²) in [4.78, 5) is 0. The third-order valence-electron chi connectivity index (χ3n) is 3.54. The van der Waals surface area contributed by atoms with Crippen LogP contribution in [0.4, 0.5) is 10.1 Å². The fourth-order valence-corrected chi connectivity index (χ4v) is 2.61. The highest BCUT2D eigenvalue weighted by Crippen LogP contribution is 2.47. The summed E-state index contributed by atoms with van der Waals surface area (Å²) in [7, 11) is 0. The Labute approximate surface area is 120 Å². The molecule has 2 atom stereocenters. The first-order chi connectivity index (χ1) is 9.13. The minimum Gasteiger partial charge on any atom is -0.464 e. The Kier molecular flexibility index (Phi) is 3.35. The van der Waals surface area contributed by atoms with E-state index >= 15 is 0 Å². The van der Waals surface area contributed by atoms with Gasteiger partial charge in [-0.2, -0.15) is 0 Å². The van der Waals surface area contributed by atoms with Crippen LogP contribution in [0, 0.1) is 11.7 Å². The summed E-state index contributed by atoms with van der Waals surface area (Å²) in [5.41, 5.74) is 0.734. The maximum Gasteiger partial charge on any atom is 0.125 e. The lowest BCUT2D eigenvalue weighted by atomic mass is 10.3. The van der Waals surface area contributed by atoms with Gasteiger partial charge in [-0.05, 0) is 58.6 Å². The molecule has 1 aliphatic carbocycles. The van der Waals surface area contributed by atoms with E-state index in [9.17, 15) is 4.39 Å². The molecule has 0 saturated heterocycles. The molecular weight excluding hydrogens is 309 g/mol. The van der Waals surface area contributed by atoms with Crippen molar-refractivity contribution in [1.82, 2.24) is 0 Å². The standard InChI is InChI=1S/C15H15BrFNO/c1-9-6-12(9)15-5-3-11(19-15)8-18-14-7-10(17)2-4-13(14)16/h2-5,7,9,12,18H,6,8H2,1H3. The van der Waals surface area contributed by atoms with Gasteiger partial charge >= 0.3 is 0 Å². The lowest BCUT2D eigenvalue weighted by Gasteiger charge is -2.07. The Hall–Kier alpha value is -1.29. The average molecular weight is 324 g/mol. The van der Waals surface area contributed by atoms with Crippen LogP contribution in [0.2, 0.25) is 0 Å². The lowest BCUT2D eigenvalue weighted by molar-refractivity contribution is 0.468. The monoisotopic (exact) mass is 323 g/mol. The number of furan rings is 1. The summed E-state index contributed by atoms with van der Waals surface area (Å²) in [6.45, 7) is 2.79. The van der Waals surface area contributed by atoms with Crippen LogP contribution >= 0.6 is 15.9 Å². The summed E-state index contributed by atoms with van der Waals surface area (Å²) in [6.07, 6.45) is 1.22. The third-order valence-corrected chi connectivity index (χ3v) is 4.23. The van der Waals surface area contributed by atoms with Crippen molar-refractivity contribution in [3.63, 3.8) is 0 Å². The maximum absolute atomic E-state index is 13.1. The molecule has 1 aromatic heterocycles. The summed E-state index contributed by atoms with van der Waals surface area (Å²) in [5.74, 6) is 3.03. The van der Waals surface area contributed by atoms with Crippen molar-refractivity contribution < 1.29 is 8.81 Å². The van der Waals surface area contributed by atoms with Gasteiger partial charge < -0.3 is 9.73 Å². The molecule has 0 amide bonds. The molecule has 1 saturated carbocycles. The Balaban J connectivity index is 1.65. The van der Waals surface area contributed by atoms with Gasteiger partial charge in [0.05, 0.1) is 12.2 Å². The number of halogens is 2. The van der Waals surface area contributed by atoms with Gasteiger partial charge in [-0.3, -0.25) is 0 Å². The highest BCUT2D eigenvalue weighted by Gasteiger charge is 2.36. The van der Waals surface area contributed by atoms with Crippen molar-refractivity contribution in [2.24, 2.45) is 5.92 Å². The molecule has 0 spiro atoms. The van der Waals surface area contributed by atoms with Crippen molar-refractivity contribution in [2.45, 2.75) is 25.8 Å². The average Bonchev–Trinajstić information content (AvgIpc) is 2.93. The fraction of sp³-hybridized carbons (Fsp3) is 0.333. The summed E-state index contributed by atoms with van der Waals surface area (Å²) in [6, 6.07) is 8.62. The second-order valence-electron chi connectivity index (χ2n) is 5.10. The molecule has 1 N–H and O–H groups in total. The zero-order chi connectivity index (χ0) is 13.4. The molecule has 19 heavy (non-hydrogen) atoms. The van der Waals surface area contributed by atoms with Gasteiger partial charge in [0.1, 0.15) is 17.3 Å². The van der Waals surface area contributed by atoms with Gasteiger partial charge in [-0.15, -0.1) is 0 Å². The summed E-state index contributed by atoms with van der Waals surface area (Å²) < 4.78 is 19.8. The predicted molar refractivity (Wildman–Crippen MR) is 76.7 cm³/mol. The van der Waals surface area contributed by atoms with Crippen molar-refractivity contribution >= 4 is 21.6 Å². The molecule has 2 unspecified atom stereocenters. The van der Waals surface area contributed by atoms with E-state index in [1.54, 1.807) is 6.07 Å². The smallest absolute Gasteiger partial charge is 0.125 e. The Morgan fingerprint density at radius 3 is 2.89 bits per heavy atom. The van der Waals surface area contributed by atoms with Crippen LogP contribution in [0.3, 0.4) is 0 Å². The maximum atomic E-state index is 13.1. The van der Waals surface area contributed by atoms with Crippen LogP contribution in [-0.4, -0.2) is 0 Å². The van der Waals surface area contributed by atoms with Gasteiger partial charge in [0, 0.05) is 10.4 Å². The quantitative estimate of drug-likeness (QED) is 0.864. The summed E-state index contributed by atoms with van der Waals surface area (Å²) in [5, 5.41) is 3.17. The molecule has 1 aliphatic rings. The SMILES string of the molecule is CC1CC1c1ccc(CNc2cc(F)ccc2Br)o1. The lowest BCUT2D eigenvalue weighted by Crippen LogP contribution is -1.99. The minimum absolute atomic E-state index is 0.252. The molecule has 100 valence electrons. The van der Waals surface area contributed by atoms with Crippen LogP contribution < -0.4 is 5.32 Å². The van der Waals surface area contributed by atoms with Crippen LogP contribution in [0.5, 0.6) is 0 Å². The second-order valence-corrected chi connectivity index (χ2v) is 5.96. The number of anilines is 1. The predicted octanol–water partition coefficient (Wildman–Crippen LogP) is 4.92. The molecular formula is C15H15BrFNO. The van der Waals surface area contributed by atoms with E-state index in [-0.39, 0.29) is 5.82 Å². The minimum atomic E-state index is -0.252. The largest absolute Gasteiger partial charge is 0.464 e. The van der Waals surface area contributed by atoms with Crippen molar-refractivity contribution in [3.8, 4) is 0 Å². The second kappa shape index (κ2) is 5.00. The zero-order valence-corrected chi connectivity index (χ0v) is 12.2. The molecule has 1 aromatic carbocycles. The van der Waals surface area contributed by atoms with E-state index in [2.05, 4.69) is 28.2 Å². The highest BCUT2D eigenvalue weighted by atomic mass is 79.9. The molecule has 1 heterocycles. The van der Waals surface area contributed by atoms with Crippen molar-refractivity contribution in [1.29, 1.82) is 0 Å². The molecule has 3 rings (SSSR count). The van der Waals surface area contributed by atoms with Gasteiger partial charge in [-0.25, -0.2) is 4.39 Å². The highest BCUT2D eigenvalue weighted by molar-refractivity contribution is 9.10. The van der Waals surface area contributed by atoms with Crippen LogP contribution in [0.15, 0.2) is 39.2 Å². The topological polar surface area (TPSA) is 25.2 Å². The van der Waals surface area contributed by atoms with Gasteiger partial charge in [-0.1, -0.05) is 6.92 Å². The fourth-order valence-electron chi connectivity index (χ4n) is 2.22. The van der Waals surface area contributed by atoms with E-state index in [0.717, 1.165) is 27.6 Å². The van der Waals surface area contributed by atoms with Crippen LogP contribution in [-0.2, 0) is 6.54 Å². The molecule has 4 heteroatoms. The van der Waals surface area contributed by atoms with Crippen molar-refractivity contribution in [2.75, 3.05) is 5.32 Å². The normalized spacial score (nSPS) is 21.4. The molecule has 0 radical (unpaired) electrons. The first-order valence-electron chi connectivity index (χ1n) is 6.41. The van der Waals surface area contributed by atoms with E-state index < -0.39 is 0 Å². The Bertz CT molecular complexity index is 596. The van der Waals surface area contributed by atoms with E-state index in [1.807, 2.05) is 12.1 Å². The van der Waals surface area contributed by atoms with Crippen LogP contribution in [0.1, 0.15) is 30.8 Å². The molecule has 0 bridgehead atoms. The third kappa shape index (κ3) is 2.84. The van der Waals surface area contributed by atoms with E-state index in [1.165, 1.54) is 18.6 Å². The molecule has 1 fully saturated rings. The molecule has 2 aromatic rings. The van der Waals surface area contributed by atoms with Crippen molar-refractivity contribution in [3.05, 3.63) is 52.1 Å². The molecule has 2 nitrogen and oxygen atoms in total.